The molecular weight excluding hydrogens is 271 g/mol. The number of benzene rings is 1. The van der Waals surface area contributed by atoms with E-state index in [2.05, 4.69) is 10.3 Å². The molecule has 0 amide bonds. The highest BCUT2D eigenvalue weighted by molar-refractivity contribution is 6.30. The van der Waals surface area contributed by atoms with Gasteiger partial charge in [0.25, 0.3) is 0 Å². The van der Waals surface area contributed by atoms with E-state index in [1.165, 1.54) is 24.6 Å². The molecule has 0 radical (unpaired) electrons. The Morgan fingerprint density at radius 3 is 3.11 bits per heavy atom. The van der Waals surface area contributed by atoms with E-state index in [1.807, 2.05) is 0 Å². The van der Waals surface area contributed by atoms with Gasteiger partial charge >= 0.3 is 0 Å². The molecule has 0 atom stereocenters. The number of methoxy groups -OCH3 is 1. The number of hydrogen-bond donors (Lipinski definition) is 1. The molecule has 0 spiro atoms. The minimum atomic E-state index is -0.390. The highest BCUT2D eigenvalue weighted by Gasteiger charge is 2.15. The van der Waals surface area contributed by atoms with Gasteiger partial charge in [-0.2, -0.15) is 0 Å². The molecule has 0 aliphatic heterocycles. The van der Waals surface area contributed by atoms with E-state index in [4.69, 9.17) is 20.8 Å². The van der Waals surface area contributed by atoms with Gasteiger partial charge < -0.3 is 14.5 Å². The molecule has 1 aromatic carbocycles. The van der Waals surface area contributed by atoms with Crippen LogP contribution in [0.15, 0.2) is 29.0 Å². The largest absolute Gasteiger partial charge is 0.443 e. The molecule has 4 nitrogen and oxygen atoms in total. The van der Waals surface area contributed by atoms with Gasteiger partial charge in [0.15, 0.2) is 12.2 Å². The van der Waals surface area contributed by atoms with Crippen LogP contribution in [0.1, 0.15) is 5.69 Å². The molecule has 2 rings (SSSR count). The summed E-state index contributed by atoms with van der Waals surface area (Å²) in [4.78, 5) is 4.08. The highest BCUT2D eigenvalue weighted by atomic mass is 35.5. The van der Waals surface area contributed by atoms with Gasteiger partial charge in [0.05, 0.1) is 12.2 Å². The molecule has 0 aliphatic carbocycles. The van der Waals surface area contributed by atoms with Crippen molar-refractivity contribution in [2.24, 2.45) is 0 Å². The van der Waals surface area contributed by atoms with Crippen LogP contribution in [0.2, 0.25) is 5.02 Å². The molecule has 1 heterocycles. The van der Waals surface area contributed by atoms with Gasteiger partial charge in [-0.05, 0) is 18.2 Å². The van der Waals surface area contributed by atoms with Crippen LogP contribution in [-0.2, 0) is 11.3 Å². The van der Waals surface area contributed by atoms with Crippen LogP contribution >= 0.6 is 11.6 Å². The Kier molecular flexibility index (Phi) is 4.90. The van der Waals surface area contributed by atoms with Crippen LogP contribution in [0.25, 0.3) is 11.3 Å². The second kappa shape index (κ2) is 6.65. The summed E-state index contributed by atoms with van der Waals surface area (Å²) in [7, 11) is 1.63. The number of halogens is 2. The Balaban J connectivity index is 2.16. The van der Waals surface area contributed by atoms with Gasteiger partial charge in [-0.1, -0.05) is 11.6 Å². The summed E-state index contributed by atoms with van der Waals surface area (Å²) in [6.45, 7) is 1.75. The first kappa shape index (κ1) is 14.0. The summed E-state index contributed by atoms with van der Waals surface area (Å²) in [5.74, 6) is 0.00390. The van der Waals surface area contributed by atoms with E-state index < -0.39 is 0 Å². The summed E-state index contributed by atoms with van der Waals surface area (Å²) in [6, 6.07) is 4.33. The van der Waals surface area contributed by atoms with Crippen LogP contribution < -0.4 is 5.32 Å². The van der Waals surface area contributed by atoms with Crippen molar-refractivity contribution < 1.29 is 13.5 Å². The van der Waals surface area contributed by atoms with Gasteiger partial charge in [0.1, 0.15) is 11.5 Å². The molecule has 1 aromatic heterocycles. The third-order valence-electron chi connectivity index (χ3n) is 2.59. The molecule has 1 N–H and O–H groups in total. The van der Waals surface area contributed by atoms with Crippen molar-refractivity contribution in [2.45, 2.75) is 6.54 Å². The zero-order valence-electron chi connectivity index (χ0n) is 10.5. The van der Waals surface area contributed by atoms with Gasteiger partial charge in [-0.3, -0.25) is 0 Å². The number of oxazole rings is 1. The fourth-order valence-electron chi connectivity index (χ4n) is 1.67. The van der Waals surface area contributed by atoms with Crippen molar-refractivity contribution >= 4 is 11.6 Å². The Labute approximate surface area is 115 Å². The van der Waals surface area contributed by atoms with E-state index in [1.54, 1.807) is 7.11 Å². The van der Waals surface area contributed by atoms with Crippen molar-refractivity contribution in [1.29, 1.82) is 0 Å². The van der Waals surface area contributed by atoms with Gasteiger partial charge in [-0.25, -0.2) is 9.37 Å². The first-order chi connectivity index (χ1) is 9.22. The summed E-state index contributed by atoms with van der Waals surface area (Å²) in [6.07, 6.45) is 1.29. The predicted octanol–water partition coefficient (Wildman–Crippen LogP) is 2.87. The molecule has 0 bridgehead atoms. The van der Waals surface area contributed by atoms with Crippen molar-refractivity contribution in [1.82, 2.24) is 10.3 Å². The molecule has 0 aliphatic rings. The zero-order chi connectivity index (χ0) is 13.7. The highest BCUT2D eigenvalue weighted by Crippen LogP contribution is 2.28. The van der Waals surface area contributed by atoms with Crippen LogP contribution in [0.3, 0.4) is 0 Å². The Bertz CT molecular complexity index is 545. The lowest BCUT2D eigenvalue weighted by atomic mass is 10.1. The van der Waals surface area contributed by atoms with Crippen molar-refractivity contribution in [3.63, 3.8) is 0 Å². The number of nitrogens with zero attached hydrogens (tertiary/aromatic N) is 1. The molecule has 0 unspecified atom stereocenters. The Morgan fingerprint density at radius 1 is 1.47 bits per heavy atom. The second-order valence-electron chi connectivity index (χ2n) is 3.92. The number of hydrogen-bond acceptors (Lipinski definition) is 4. The summed E-state index contributed by atoms with van der Waals surface area (Å²) < 4.78 is 24.0. The number of aromatic nitrogens is 1. The van der Waals surface area contributed by atoms with Crippen molar-refractivity contribution in [2.75, 3.05) is 20.3 Å². The molecule has 0 saturated heterocycles. The van der Waals surface area contributed by atoms with E-state index in [-0.39, 0.29) is 5.82 Å². The lowest BCUT2D eigenvalue weighted by Crippen LogP contribution is -2.19. The molecular formula is C13H14ClFN2O2. The Morgan fingerprint density at radius 2 is 2.32 bits per heavy atom. The minimum absolute atomic E-state index is 0.313. The lowest BCUT2D eigenvalue weighted by molar-refractivity contribution is 0.199. The molecule has 0 saturated carbocycles. The lowest BCUT2D eigenvalue weighted by Gasteiger charge is -2.05. The van der Waals surface area contributed by atoms with Gasteiger partial charge in [0, 0.05) is 25.2 Å². The smallest absolute Gasteiger partial charge is 0.181 e. The topological polar surface area (TPSA) is 47.3 Å². The maximum atomic E-state index is 13.8. The standard InChI is InChI=1S/C13H14ClFN2O2/c1-18-5-4-16-7-12-13(19-8-17-12)10-6-9(14)2-3-11(10)15/h2-3,6,8,16H,4-5,7H2,1H3. The van der Waals surface area contributed by atoms with Crippen LogP contribution in [0.5, 0.6) is 0 Å². The normalized spacial score (nSPS) is 10.9. The molecule has 6 heteroatoms. The third kappa shape index (κ3) is 3.53. The fourth-order valence-corrected chi connectivity index (χ4v) is 1.84. The van der Waals surface area contributed by atoms with Gasteiger partial charge in [0.2, 0.25) is 0 Å². The van der Waals surface area contributed by atoms with Gasteiger partial charge in [-0.15, -0.1) is 0 Å². The maximum absolute atomic E-state index is 13.8. The monoisotopic (exact) mass is 284 g/mol. The number of ether oxygens (including phenoxy) is 1. The molecule has 2 aromatic rings. The number of nitrogens with one attached hydrogen (secondary N) is 1. The van der Waals surface area contributed by atoms with Crippen LogP contribution in [0, 0.1) is 5.82 Å². The summed E-state index contributed by atoms with van der Waals surface area (Å²) in [5.41, 5.74) is 0.950. The van der Waals surface area contributed by atoms with Crippen LogP contribution in [0.4, 0.5) is 4.39 Å². The quantitative estimate of drug-likeness (QED) is 0.829. The minimum Gasteiger partial charge on any atom is -0.443 e. The predicted molar refractivity (Wildman–Crippen MR) is 70.5 cm³/mol. The van der Waals surface area contributed by atoms with Crippen molar-refractivity contribution in [3.8, 4) is 11.3 Å². The fraction of sp³-hybridized carbons (Fsp3) is 0.308. The SMILES string of the molecule is COCCNCc1ncoc1-c1cc(Cl)ccc1F. The zero-order valence-corrected chi connectivity index (χ0v) is 11.2. The third-order valence-corrected chi connectivity index (χ3v) is 2.82. The second-order valence-corrected chi connectivity index (χ2v) is 4.36. The molecule has 102 valence electrons. The number of rotatable bonds is 6. The van der Waals surface area contributed by atoms with E-state index in [0.29, 0.717) is 41.7 Å². The van der Waals surface area contributed by atoms with E-state index in [9.17, 15) is 4.39 Å². The average molecular weight is 285 g/mol. The molecule has 19 heavy (non-hydrogen) atoms. The first-order valence-corrected chi connectivity index (χ1v) is 6.17. The maximum Gasteiger partial charge on any atom is 0.181 e. The average Bonchev–Trinajstić information content (AvgIpc) is 2.86. The van der Waals surface area contributed by atoms with Crippen molar-refractivity contribution in [3.05, 3.63) is 41.1 Å². The summed E-state index contributed by atoms with van der Waals surface area (Å²) >= 11 is 5.87. The van der Waals surface area contributed by atoms with E-state index in [0.717, 1.165) is 0 Å². The molecule has 0 fully saturated rings. The Hall–Kier alpha value is -1.43. The van der Waals surface area contributed by atoms with E-state index >= 15 is 0 Å². The van der Waals surface area contributed by atoms with Crippen LogP contribution in [-0.4, -0.2) is 25.2 Å². The first-order valence-electron chi connectivity index (χ1n) is 5.80. The summed E-state index contributed by atoms with van der Waals surface area (Å²) in [5, 5.41) is 3.58.